The molecule has 0 aromatic carbocycles. The summed E-state index contributed by atoms with van der Waals surface area (Å²) in [5.41, 5.74) is 5.51. The van der Waals surface area contributed by atoms with Crippen molar-refractivity contribution in [3.63, 3.8) is 0 Å². The molecule has 0 aromatic rings. The van der Waals surface area contributed by atoms with Gasteiger partial charge in [0, 0.05) is 13.0 Å². The van der Waals surface area contributed by atoms with Gasteiger partial charge in [-0.3, -0.25) is 4.79 Å². The van der Waals surface area contributed by atoms with Crippen molar-refractivity contribution >= 4 is 5.91 Å². The van der Waals surface area contributed by atoms with Gasteiger partial charge in [-0.2, -0.15) is 0 Å². The summed E-state index contributed by atoms with van der Waals surface area (Å²) in [7, 11) is 0. The lowest BCUT2D eigenvalue weighted by atomic mass is 9.81. The molecule has 1 unspecified atom stereocenters. The van der Waals surface area contributed by atoms with Crippen molar-refractivity contribution in [1.29, 1.82) is 0 Å². The Morgan fingerprint density at radius 1 is 1.26 bits per heavy atom. The minimum atomic E-state index is 0.216. The first-order valence-electron chi connectivity index (χ1n) is 8.08. The number of nitrogens with two attached hydrogens (primary N) is 1. The summed E-state index contributed by atoms with van der Waals surface area (Å²) in [4.78, 5) is 11.7. The van der Waals surface area contributed by atoms with Crippen LogP contribution >= 0.6 is 0 Å². The van der Waals surface area contributed by atoms with Gasteiger partial charge in [-0.1, -0.05) is 39.5 Å². The summed E-state index contributed by atoms with van der Waals surface area (Å²) in [6.07, 6.45) is 9.25. The molecule has 1 atom stereocenters. The van der Waals surface area contributed by atoms with E-state index in [0.717, 1.165) is 44.2 Å². The Labute approximate surface area is 118 Å². The van der Waals surface area contributed by atoms with E-state index < -0.39 is 0 Å². The fourth-order valence-corrected chi connectivity index (χ4v) is 2.93. The van der Waals surface area contributed by atoms with Gasteiger partial charge in [0.05, 0.1) is 0 Å². The van der Waals surface area contributed by atoms with Crippen LogP contribution in [0.3, 0.4) is 0 Å². The summed E-state index contributed by atoms with van der Waals surface area (Å²) >= 11 is 0. The zero-order valence-corrected chi connectivity index (χ0v) is 12.8. The Morgan fingerprint density at radius 2 is 1.95 bits per heavy atom. The summed E-state index contributed by atoms with van der Waals surface area (Å²) < 4.78 is 0. The third kappa shape index (κ3) is 7.56. The summed E-state index contributed by atoms with van der Waals surface area (Å²) in [5.74, 6) is 2.53. The van der Waals surface area contributed by atoms with Gasteiger partial charge in [0.2, 0.25) is 5.91 Å². The molecule has 0 saturated heterocycles. The average molecular weight is 268 g/mol. The van der Waals surface area contributed by atoms with E-state index in [1.165, 1.54) is 25.7 Å². The average Bonchev–Trinajstić information content (AvgIpc) is 2.39. The van der Waals surface area contributed by atoms with Gasteiger partial charge in [0.25, 0.3) is 0 Å². The predicted molar refractivity (Wildman–Crippen MR) is 80.8 cm³/mol. The van der Waals surface area contributed by atoms with E-state index in [1.54, 1.807) is 0 Å². The minimum Gasteiger partial charge on any atom is -0.356 e. The molecule has 0 radical (unpaired) electrons. The summed E-state index contributed by atoms with van der Waals surface area (Å²) in [5, 5.41) is 3.07. The Kier molecular flexibility index (Phi) is 8.11. The summed E-state index contributed by atoms with van der Waals surface area (Å²) in [6.45, 7) is 6.11. The first-order valence-corrected chi connectivity index (χ1v) is 8.08. The van der Waals surface area contributed by atoms with Crippen LogP contribution in [-0.2, 0) is 4.79 Å². The van der Waals surface area contributed by atoms with Crippen molar-refractivity contribution in [2.45, 2.75) is 65.2 Å². The largest absolute Gasteiger partial charge is 0.356 e. The van der Waals surface area contributed by atoms with E-state index >= 15 is 0 Å². The fraction of sp³-hybridized carbons (Fsp3) is 0.938. The third-order valence-corrected chi connectivity index (χ3v) is 4.53. The topological polar surface area (TPSA) is 55.1 Å². The molecular formula is C16H32N2O. The van der Waals surface area contributed by atoms with E-state index in [9.17, 15) is 4.79 Å². The molecule has 1 fully saturated rings. The van der Waals surface area contributed by atoms with Gasteiger partial charge in [-0.05, 0) is 43.6 Å². The van der Waals surface area contributed by atoms with Gasteiger partial charge in [-0.15, -0.1) is 0 Å². The van der Waals surface area contributed by atoms with Crippen molar-refractivity contribution < 1.29 is 4.79 Å². The fourth-order valence-electron chi connectivity index (χ4n) is 2.93. The number of carbonyl (C=O) groups excluding carboxylic acids is 1. The molecule has 0 spiro atoms. The summed E-state index contributed by atoms with van der Waals surface area (Å²) in [6, 6.07) is 0. The highest BCUT2D eigenvalue weighted by atomic mass is 16.1. The Balaban J connectivity index is 2.01. The van der Waals surface area contributed by atoms with E-state index in [2.05, 4.69) is 19.2 Å². The molecule has 1 amide bonds. The lowest BCUT2D eigenvalue weighted by Gasteiger charge is -2.26. The molecule has 3 heteroatoms. The van der Waals surface area contributed by atoms with Crippen LogP contribution in [0.4, 0.5) is 0 Å². The second-order valence-electron chi connectivity index (χ2n) is 6.49. The van der Waals surface area contributed by atoms with E-state index in [-0.39, 0.29) is 5.91 Å². The number of nitrogens with one attached hydrogen (secondary N) is 1. The Bertz CT molecular complexity index is 247. The number of amides is 1. The van der Waals surface area contributed by atoms with Crippen LogP contribution < -0.4 is 11.1 Å². The number of rotatable bonds is 8. The second kappa shape index (κ2) is 9.35. The van der Waals surface area contributed by atoms with Gasteiger partial charge in [-0.25, -0.2) is 0 Å². The highest BCUT2D eigenvalue weighted by molar-refractivity contribution is 5.75. The van der Waals surface area contributed by atoms with E-state index in [4.69, 9.17) is 5.73 Å². The highest BCUT2D eigenvalue weighted by Crippen LogP contribution is 2.29. The highest BCUT2D eigenvalue weighted by Gasteiger charge is 2.17. The maximum Gasteiger partial charge on any atom is 0.220 e. The molecule has 0 aliphatic heterocycles. The van der Waals surface area contributed by atoms with Crippen LogP contribution in [0, 0.1) is 17.8 Å². The molecule has 3 nitrogen and oxygen atoms in total. The molecule has 3 N–H and O–H groups in total. The zero-order valence-electron chi connectivity index (χ0n) is 12.8. The van der Waals surface area contributed by atoms with Crippen molar-refractivity contribution in [1.82, 2.24) is 5.32 Å². The van der Waals surface area contributed by atoms with Crippen LogP contribution in [0.2, 0.25) is 0 Å². The van der Waals surface area contributed by atoms with Crippen LogP contribution in [0.1, 0.15) is 65.2 Å². The molecular weight excluding hydrogens is 236 g/mol. The quantitative estimate of drug-likeness (QED) is 0.711. The molecule has 1 saturated carbocycles. The van der Waals surface area contributed by atoms with Gasteiger partial charge in [0.1, 0.15) is 0 Å². The lowest BCUT2D eigenvalue weighted by molar-refractivity contribution is -0.121. The van der Waals surface area contributed by atoms with Crippen LogP contribution in [0.15, 0.2) is 0 Å². The monoisotopic (exact) mass is 268 g/mol. The minimum absolute atomic E-state index is 0.216. The molecule has 0 aromatic heterocycles. The van der Waals surface area contributed by atoms with Gasteiger partial charge >= 0.3 is 0 Å². The second-order valence-corrected chi connectivity index (χ2v) is 6.49. The van der Waals surface area contributed by atoms with Crippen LogP contribution in [-0.4, -0.2) is 19.0 Å². The van der Waals surface area contributed by atoms with Crippen molar-refractivity contribution in [3.05, 3.63) is 0 Å². The number of hydrogen-bond donors (Lipinski definition) is 2. The molecule has 1 rings (SSSR count). The van der Waals surface area contributed by atoms with Crippen molar-refractivity contribution in [2.75, 3.05) is 13.1 Å². The van der Waals surface area contributed by atoms with E-state index in [0.29, 0.717) is 12.3 Å². The standard InChI is InChI=1S/C16H32N2O/c1-13-3-6-15(7-4-13)10-12-18-16(19)8-5-14(2)9-11-17/h13-15H,3-12,17H2,1-2H3,(H,18,19). The normalized spacial score (nSPS) is 25.0. The number of carbonyl (C=O) groups is 1. The lowest BCUT2D eigenvalue weighted by Crippen LogP contribution is -2.27. The molecule has 0 bridgehead atoms. The Hall–Kier alpha value is -0.570. The molecule has 112 valence electrons. The SMILES string of the molecule is CC(CCN)CCC(=O)NCCC1CCC(C)CC1. The molecule has 1 aliphatic carbocycles. The van der Waals surface area contributed by atoms with Gasteiger partial charge in [0.15, 0.2) is 0 Å². The van der Waals surface area contributed by atoms with Crippen LogP contribution in [0.5, 0.6) is 0 Å². The maximum absolute atomic E-state index is 11.7. The smallest absolute Gasteiger partial charge is 0.220 e. The van der Waals surface area contributed by atoms with Crippen molar-refractivity contribution in [3.8, 4) is 0 Å². The first-order chi connectivity index (χ1) is 9.11. The predicted octanol–water partition coefficient (Wildman–Crippen LogP) is 3.08. The first kappa shape index (κ1) is 16.5. The maximum atomic E-state index is 11.7. The van der Waals surface area contributed by atoms with Crippen LogP contribution in [0.25, 0.3) is 0 Å². The molecule has 0 heterocycles. The third-order valence-electron chi connectivity index (χ3n) is 4.53. The number of hydrogen-bond acceptors (Lipinski definition) is 2. The van der Waals surface area contributed by atoms with Gasteiger partial charge < -0.3 is 11.1 Å². The zero-order chi connectivity index (χ0) is 14.1. The van der Waals surface area contributed by atoms with Crippen molar-refractivity contribution in [2.24, 2.45) is 23.5 Å². The Morgan fingerprint density at radius 3 is 2.58 bits per heavy atom. The van der Waals surface area contributed by atoms with E-state index in [1.807, 2.05) is 0 Å². The molecule has 1 aliphatic rings. The molecule has 19 heavy (non-hydrogen) atoms.